The van der Waals surface area contributed by atoms with Gasteiger partial charge in [0.1, 0.15) is 0 Å². The standard InChI is InChI=1S/C30H35N3O5S2/c1-22(2)26-11-8-12-27-28(26)31-30(39-27)33(21-23-9-6-5-7-10-23)29(34)24-13-15-25(16-14-24)40(35,36)32(17-19-37-3)18-20-38-4/h5-16,22H,17-21H2,1-4H3. The summed E-state index contributed by atoms with van der Waals surface area (Å²) in [5.74, 6) is 0.0346. The number of rotatable bonds is 13. The molecule has 0 unspecified atom stereocenters. The summed E-state index contributed by atoms with van der Waals surface area (Å²) in [4.78, 5) is 20.6. The number of benzene rings is 3. The highest BCUT2D eigenvalue weighted by Crippen LogP contribution is 2.35. The minimum Gasteiger partial charge on any atom is -0.383 e. The van der Waals surface area contributed by atoms with E-state index in [9.17, 15) is 13.2 Å². The van der Waals surface area contributed by atoms with Crippen LogP contribution in [-0.2, 0) is 26.0 Å². The fourth-order valence-corrected chi connectivity index (χ4v) is 6.75. The topological polar surface area (TPSA) is 89.0 Å². The second kappa shape index (κ2) is 13.5. The van der Waals surface area contributed by atoms with Crippen LogP contribution in [0.3, 0.4) is 0 Å². The molecule has 4 rings (SSSR count). The van der Waals surface area contributed by atoms with Crippen molar-refractivity contribution >= 4 is 42.6 Å². The first-order chi connectivity index (χ1) is 19.3. The summed E-state index contributed by atoms with van der Waals surface area (Å²) >= 11 is 1.47. The second-order valence-electron chi connectivity index (χ2n) is 9.64. The molecular weight excluding hydrogens is 546 g/mol. The van der Waals surface area contributed by atoms with Crippen molar-refractivity contribution < 1.29 is 22.7 Å². The molecule has 0 aliphatic rings. The van der Waals surface area contributed by atoms with Crippen molar-refractivity contribution in [2.45, 2.75) is 31.2 Å². The Morgan fingerprint density at radius 3 is 2.15 bits per heavy atom. The molecule has 0 radical (unpaired) electrons. The summed E-state index contributed by atoms with van der Waals surface area (Å²) in [6, 6.07) is 21.9. The molecule has 0 aliphatic heterocycles. The van der Waals surface area contributed by atoms with Crippen LogP contribution in [0.5, 0.6) is 0 Å². The number of amides is 1. The van der Waals surface area contributed by atoms with E-state index in [1.165, 1.54) is 42.0 Å². The van der Waals surface area contributed by atoms with Crippen LogP contribution >= 0.6 is 11.3 Å². The molecule has 1 heterocycles. The zero-order valence-electron chi connectivity index (χ0n) is 23.2. The van der Waals surface area contributed by atoms with Gasteiger partial charge in [-0.3, -0.25) is 9.69 Å². The first-order valence-electron chi connectivity index (χ1n) is 13.1. The molecule has 1 aromatic heterocycles. The van der Waals surface area contributed by atoms with Gasteiger partial charge in [0.15, 0.2) is 5.13 Å². The lowest BCUT2D eigenvalue weighted by Crippen LogP contribution is -2.36. The number of hydrogen-bond donors (Lipinski definition) is 0. The van der Waals surface area contributed by atoms with Crippen LogP contribution in [0.2, 0.25) is 0 Å². The minimum atomic E-state index is -3.80. The molecule has 40 heavy (non-hydrogen) atoms. The van der Waals surface area contributed by atoms with Crippen LogP contribution in [0.25, 0.3) is 10.2 Å². The monoisotopic (exact) mass is 581 g/mol. The predicted molar refractivity (Wildman–Crippen MR) is 160 cm³/mol. The summed E-state index contributed by atoms with van der Waals surface area (Å²) in [6.07, 6.45) is 0. The van der Waals surface area contributed by atoms with Gasteiger partial charge in [0.05, 0.1) is 34.9 Å². The van der Waals surface area contributed by atoms with Gasteiger partial charge in [-0.1, -0.05) is 67.6 Å². The van der Waals surface area contributed by atoms with Crippen molar-refractivity contribution in [3.63, 3.8) is 0 Å². The van der Waals surface area contributed by atoms with Crippen molar-refractivity contribution in [1.29, 1.82) is 0 Å². The number of para-hydroxylation sites is 1. The van der Waals surface area contributed by atoms with E-state index in [1.54, 1.807) is 17.0 Å². The minimum absolute atomic E-state index is 0.104. The van der Waals surface area contributed by atoms with Gasteiger partial charge in [-0.2, -0.15) is 4.31 Å². The maximum absolute atomic E-state index is 13.9. The van der Waals surface area contributed by atoms with E-state index in [2.05, 4.69) is 19.9 Å². The molecule has 0 aliphatic carbocycles. The van der Waals surface area contributed by atoms with Crippen LogP contribution in [-0.4, -0.2) is 64.1 Å². The highest BCUT2D eigenvalue weighted by Gasteiger charge is 2.26. The summed E-state index contributed by atoms with van der Waals surface area (Å²) in [5, 5.41) is 0.596. The fourth-order valence-electron chi connectivity index (χ4n) is 4.34. The van der Waals surface area contributed by atoms with Gasteiger partial charge in [-0.15, -0.1) is 0 Å². The Bertz CT molecular complexity index is 1510. The zero-order valence-corrected chi connectivity index (χ0v) is 24.9. The largest absolute Gasteiger partial charge is 0.383 e. The van der Waals surface area contributed by atoms with Crippen LogP contribution < -0.4 is 4.90 Å². The first-order valence-corrected chi connectivity index (χ1v) is 15.3. The molecule has 0 N–H and O–H groups in total. The zero-order chi connectivity index (χ0) is 28.7. The smallest absolute Gasteiger partial charge is 0.260 e. The summed E-state index contributed by atoms with van der Waals surface area (Å²) in [7, 11) is -0.750. The first kappa shape index (κ1) is 29.8. The van der Waals surface area contributed by atoms with Gasteiger partial charge in [-0.05, 0) is 47.4 Å². The van der Waals surface area contributed by atoms with Crippen LogP contribution in [0.15, 0.2) is 77.7 Å². The molecule has 4 aromatic rings. The number of sulfonamides is 1. The van der Waals surface area contributed by atoms with Crippen LogP contribution in [0, 0.1) is 0 Å². The van der Waals surface area contributed by atoms with Gasteiger partial charge in [-0.25, -0.2) is 13.4 Å². The molecule has 8 nitrogen and oxygen atoms in total. The van der Waals surface area contributed by atoms with Crippen molar-refractivity contribution in [1.82, 2.24) is 9.29 Å². The maximum atomic E-state index is 13.9. The van der Waals surface area contributed by atoms with Crippen molar-refractivity contribution in [3.8, 4) is 0 Å². The Labute approximate surface area is 240 Å². The molecule has 0 saturated heterocycles. The number of hydrogen-bond acceptors (Lipinski definition) is 7. The third-order valence-electron chi connectivity index (χ3n) is 6.55. The Morgan fingerprint density at radius 2 is 1.55 bits per heavy atom. The summed E-state index contributed by atoms with van der Waals surface area (Å²) in [5.41, 5.74) is 3.37. The van der Waals surface area contributed by atoms with Gasteiger partial charge in [0.25, 0.3) is 5.91 Å². The third-order valence-corrected chi connectivity index (χ3v) is 9.51. The van der Waals surface area contributed by atoms with E-state index < -0.39 is 10.0 Å². The number of anilines is 1. The van der Waals surface area contributed by atoms with Crippen LogP contribution in [0.1, 0.15) is 41.3 Å². The highest BCUT2D eigenvalue weighted by atomic mass is 32.2. The lowest BCUT2D eigenvalue weighted by Gasteiger charge is -2.22. The van der Waals surface area contributed by atoms with Gasteiger partial charge in [0.2, 0.25) is 10.0 Å². The van der Waals surface area contributed by atoms with Crippen molar-refractivity contribution in [3.05, 3.63) is 89.5 Å². The molecule has 0 saturated carbocycles. The lowest BCUT2D eigenvalue weighted by molar-refractivity contribution is 0.0985. The van der Waals surface area contributed by atoms with Gasteiger partial charge in [0, 0.05) is 32.9 Å². The van der Waals surface area contributed by atoms with Gasteiger partial charge >= 0.3 is 0 Å². The molecular formula is C30H35N3O5S2. The number of carbonyl (C=O) groups is 1. The molecule has 0 bridgehead atoms. The number of fused-ring (bicyclic) bond motifs is 1. The number of aromatic nitrogens is 1. The van der Waals surface area contributed by atoms with Crippen LogP contribution in [0.4, 0.5) is 5.13 Å². The summed E-state index contributed by atoms with van der Waals surface area (Å²) in [6.45, 7) is 5.50. The number of methoxy groups -OCH3 is 2. The molecule has 212 valence electrons. The Kier molecular flexibility index (Phi) is 10.0. The normalized spacial score (nSPS) is 11.9. The van der Waals surface area contributed by atoms with Gasteiger partial charge < -0.3 is 9.47 Å². The predicted octanol–water partition coefficient (Wildman–Crippen LogP) is 5.55. The number of nitrogens with zero attached hydrogens (tertiary/aromatic N) is 3. The molecule has 0 fully saturated rings. The van der Waals surface area contributed by atoms with E-state index in [0.717, 1.165) is 21.3 Å². The number of ether oxygens (including phenoxy) is 2. The second-order valence-corrected chi connectivity index (χ2v) is 12.6. The average Bonchev–Trinajstić information content (AvgIpc) is 3.40. The lowest BCUT2D eigenvalue weighted by atomic mass is 10.0. The molecule has 1 amide bonds. The van der Waals surface area contributed by atoms with Crippen molar-refractivity contribution in [2.75, 3.05) is 45.4 Å². The molecule has 0 spiro atoms. The fraction of sp³-hybridized carbons (Fsp3) is 0.333. The summed E-state index contributed by atoms with van der Waals surface area (Å²) < 4.78 is 39.2. The van der Waals surface area contributed by atoms with E-state index >= 15 is 0 Å². The SMILES string of the molecule is COCCN(CCOC)S(=O)(=O)c1ccc(C(=O)N(Cc2ccccc2)c2nc3c(C(C)C)cccc3s2)cc1. The van der Waals surface area contributed by atoms with E-state index in [1.807, 2.05) is 42.5 Å². The molecule has 3 aromatic carbocycles. The highest BCUT2D eigenvalue weighted by molar-refractivity contribution is 7.89. The third kappa shape index (κ3) is 6.76. The number of thiazole rings is 1. The number of carbonyl (C=O) groups excluding carboxylic acids is 1. The maximum Gasteiger partial charge on any atom is 0.260 e. The Hall–Kier alpha value is -3.15. The Morgan fingerprint density at radius 1 is 0.900 bits per heavy atom. The Balaban J connectivity index is 1.68. The van der Waals surface area contributed by atoms with E-state index in [4.69, 9.17) is 14.5 Å². The van der Waals surface area contributed by atoms with E-state index in [0.29, 0.717) is 23.2 Å². The average molecular weight is 582 g/mol. The van der Waals surface area contributed by atoms with Crippen molar-refractivity contribution in [2.24, 2.45) is 0 Å². The molecule has 0 atom stereocenters. The molecule has 10 heteroatoms. The quantitative estimate of drug-likeness (QED) is 0.206. The van der Waals surface area contributed by atoms with E-state index in [-0.39, 0.29) is 37.1 Å².